The summed E-state index contributed by atoms with van der Waals surface area (Å²) in [4.78, 5) is 16.2. The van der Waals surface area contributed by atoms with E-state index in [0.717, 1.165) is 24.2 Å². The largest absolute Gasteiger partial charge is 0.335 e. The molecule has 0 radical (unpaired) electrons. The van der Waals surface area contributed by atoms with E-state index in [-0.39, 0.29) is 6.03 Å². The number of amides is 2. The van der Waals surface area contributed by atoms with Crippen molar-refractivity contribution in [2.24, 2.45) is 0 Å². The normalized spacial score (nSPS) is 13.1. The number of hydrogen-bond donors (Lipinski definition) is 3. The summed E-state index contributed by atoms with van der Waals surface area (Å²) in [6.45, 7) is 4.00. The van der Waals surface area contributed by atoms with Gasteiger partial charge in [-0.25, -0.2) is 4.79 Å². The summed E-state index contributed by atoms with van der Waals surface area (Å²) in [5, 5.41) is 5.62. The number of rotatable bonds is 4. The topological polar surface area (TPSA) is 62.4 Å². The predicted octanol–water partition coefficient (Wildman–Crippen LogP) is 2.97. The molecule has 0 aromatic heterocycles. The number of benzene rings is 1. The molecule has 2 amide bonds. The highest BCUT2D eigenvalue weighted by molar-refractivity contribution is 5.90. The van der Waals surface area contributed by atoms with Gasteiger partial charge in [-0.2, -0.15) is 0 Å². The van der Waals surface area contributed by atoms with Crippen molar-refractivity contribution in [1.82, 2.24) is 5.32 Å². The van der Waals surface area contributed by atoms with Gasteiger partial charge < -0.3 is 10.6 Å². The maximum absolute atomic E-state index is 11.5. The van der Waals surface area contributed by atoms with Crippen LogP contribution >= 0.6 is 0 Å². The van der Waals surface area contributed by atoms with Gasteiger partial charge in [0, 0.05) is 11.7 Å². The molecule has 0 saturated heterocycles. The van der Waals surface area contributed by atoms with Crippen LogP contribution in [0.5, 0.6) is 0 Å². The maximum Gasteiger partial charge on any atom is 0.319 e. The molecular weight excluding hydrogens is 230 g/mol. The molecule has 2 rings (SSSR count). The molecule has 5 nitrogen and oxygen atoms in total. The zero-order valence-electron chi connectivity index (χ0n) is 11.1. The first-order valence-electron chi connectivity index (χ1n) is 6.24. The molecule has 1 aliphatic rings. The van der Waals surface area contributed by atoms with Crippen LogP contribution in [0.2, 0.25) is 0 Å². The zero-order chi connectivity index (χ0) is 13.4. The Kier molecular flexibility index (Phi) is 6.00. The van der Waals surface area contributed by atoms with Crippen molar-refractivity contribution in [1.29, 1.82) is 0 Å². The van der Waals surface area contributed by atoms with Crippen molar-refractivity contribution < 1.29 is 9.63 Å². The third-order valence-corrected chi connectivity index (χ3v) is 2.25. The van der Waals surface area contributed by atoms with Crippen LogP contribution in [-0.4, -0.2) is 19.2 Å². The highest BCUT2D eigenvalue weighted by Crippen LogP contribution is 2.19. The fourth-order valence-electron chi connectivity index (χ4n) is 1.36. The number of urea groups is 1. The molecule has 1 aliphatic carbocycles. The fraction of sp³-hybridized carbons (Fsp3) is 0.462. The Morgan fingerprint density at radius 1 is 1.28 bits per heavy atom. The smallest absolute Gasteiger partial charge is 0.319 e. The van der Waals surface area contributed by atoms with Crippen molar-refractivity contribution in [3.63, 3.8) is 0 Å². The van der Waals surface area contributed by atoms with Gasteiger partial charge in [0.15, 0.2) is 0 Å². The van der Waals surface area contributed by atoms with Gasteiger partial charge in [0.25, 0.3) is 0 Å². The second-order valence-electron chi connectivity index (χ2n) is 3.76. The quantitative estimate of drug-likeness (QED) is 0.721. The lowest BCUT2D eigenvalue weighted by atomic mass is 10.3. The highest BCUT2D eigenvalue weighted by atomic mass is 16.6. The molecule has 0 heterocycles. The number of anilines is 2. The van der Waals surface area contributed by atoms with Gasteiger partial charge >= 0.3 is 6.03 Å². The summed E-state index contributed by atoms with van der Waals surface area (Å²) in [7, 11) is 1.54. The standard InChI is InChI=1S/C11H15N3O2.C2H6/c1-16-14-10-4-2-3-9(7-10)13-11(15)12-8-5-6-8;1-2/h2-4,7-8,14H,5-6H2,1H3,(H2,12,13,15);1-2H3. The number of hydrogen-bond acceptors (Lipinski definition) is 3. The number of carbonyl (C=O) groups is 1. The predicted molar refractivity (Wildman–Crippen MR) is 73.6 cm³/mol. The Hall–Kier alpha value is -1.75. The highest BCUT2D eigenvalue weighted by Gasteiger charge is 2.23. The van der Waals surface area contributed by atoms with Crippen LogP contribution in [0.25, 0.3) is 0 Å². The Balaban J connectivity index is 0.000000771. The van der Waals surface area contributed by atoms with Crippen LogP contribution in [0.15, 0.2) is 24.3 Å². The first-order valence-corrected chi connectivity index (χ1v) is 6.24. The third kappa shape index (κ3) is 5.05. The molecule has 1 fully saturated rings. The molecule has 1 saturated carbocycles. The molecule has 5 heteroatoms. The zero-order valence-corrected chi connectivity index (χ0v) is 11.1. The van der Waals surface area contributed by atoms with Gasteiger partial charge in [0.05, 0.1) is 12.8 Å². The summed E-state index contributed by atoms with van der Waals surface area (Å²) in [6.07, 6.45) is 2.16. The Morgan fingerprint density at radius 2 is 1.94 bits per heavy atom. The molecule has 0 spiro atoms. The van der Waals surface area contributed by atoms with Crippen molar-refractivity contribution in [3.8, 4) is 0 Å². The van der Waals surface area contributed by atoms with E-state index in [9.17, 15) is 4.79 Å². The summed E-state index contributed by atoms with van der Waals surface area (Å²) >= 11 is 0. The summed E-state index contributed by atoms with van der Waals surface area (Å²) in [5.41, 5.74) is 4.24. The van der Waals surface area contributed by atoms with Gasteiger partial charge in [-0.05, 0) is 31.0 Å². The van der Waals surface area contributed by atoms with Crippen LogP contribution in [0, 0.1) is 0 Å². The fourth-order valence-corrected chi connectivity index (χ4v) is 1.36. The molecule has 100 valence electrons. The van der Waals surface area contributed by atoms with E-state index < -0.39 is 0 Å². The first-order chi connectivity index (χ1) is 8.78. The summed E-state index contributed by atoms with van der Waals surface area (Å²) in [6, 6.07) is 7.53. The van der Waals surface area contributed by atoms with E-state index in [1.54, 1.807) is 13.2 Å². The van der Waals surface area contributed by atoms with Crippen LogP contribution in [0.4, 0.5) is 16.2 Å². The Labute approximate surface area is 108 Å². The molecule has 0 unspecified atom stereocenters. The van der Waals surface area contributed by atoms with Crippen LogP contribution < -0.4 is 16.1 Å². The van der Waals surface area contributed by atoms with Crippen molar-refractivity contribution in [2.45, 2.75) is 32.7 Å². The first kappa shape index (κ1) is 14.3. The Morgan fingerprint density at radius 3 is 2.56 bits per heavy atom. The van der Waals surface area contributed by atoms with E-state index in [0.29, 0.717) is 6.04 Å². The minimum absolute atomic E-state index is 0.155. The average molecular weight is 251 g/mol. The summed E-state index contributed by atoms with van der Waals surface area (Å²) < 4.78 is 0. The van der Waals surface area contributed by atoms with E-state index in [1.807, 2.05) is 32.0 Å². The number of carbonyl (C=O) groups excluding carboxylic acids is 1. The molecule has 1 aromatic rings. The van der Waals surface area contributed by atoms with E-state index in [4.69, 9.17) is 4.84 Å². The van der Waals surface area contributed by atoms with Gasteiger partial charge in [0.1, 0.15) is 0 Å². The number of nitrogens with one attached hydrogen (secondary N) is 3. The minimum atomic E-state index is -0.155. The SMILES string of the molecule is CC.CONc1cccc(NC(=O)NC2CC2)c1. The minimum Gasteiger partial charge on any atom is -0.335 e. The summed E-state index contributed by atoms with van der Waals surface area (Å²) in [5.74, 6) is 0. The van der Waals surface area contributed by atoms with Crippen molar-refractivity contribution in [2.75, 3.05) is 17.9 Å². The average Bonchev–Trinajstić information content (AvgIpc) is 3.16. The molecule has 1 aromatic carbocycles. The Bertz CT molecular complexity index is 378. The van der Waals surface area contributed by atoms with Gasteiger partial charge in [-0.1, -0.05) is 19.9 Å². The monoisotopic (exact) mass is 251 g/mol. The molecular formula is C13H21N3O2. The van der Waals surface area contributed by atoms with Gasteiger partial charge in [-0.3, -0.25) is 10.3 Å². The second kappa shape index (κ2) is 7.55. The lowest BCUT2D eigenvalue weighted by Gasteiger charge is -2.08. The van der Waals surface area contributed by atoms with Gasteiger partial charge in [0.2, 0.25) is 0 Å². The molecule has 0 bridgehead atoms. The molecule has 18 heavy (non-hydrogen) atoms. The molecule has 0 atom stereocenters. The van der Waals surface area contributed by atoms with Gasteiger partial charge in [-0.15, -0.1) is 0 Å². The lowest BCUT2D eigenvalue weighted by molar-refractivity contribution is 0.251. The van der Waals surface area contributed by atoms with Crippen molar-refractivity contribution >= 4 is 17.4 Å². The van der Waals surface area contributed by atoms with E-state index in [2.05, 4.69) is 16.1 Å². The van der Waals surface area contributed by atoms with Crippen LogP contribution in [0.3, 0.4) is 0 Å². The molecule has 0 aliphatic heterocycles. The van der Waals surface area contributed by atoms with E-state index in [1.165, 1.54) is 0 Å². The lowest BCUT2D eigenvalue weighted by Crippen LogP contribution is -2.30. The second-order valence-corrected chi connectivity index (χ2v) is 3.76. The van der Waals surface area contributed by atoms with E-state index >= 15 is 0 Å². The van der Waals surface area contributed by atoms with Crippen molar-refractivity contribution in [3.05, 3.63) is 24.3 Å². The van der Waals surface area contributed by atoms with Crippen LogP contribution in [-0.2, 0) is 4.84 Å². The van der Waals surface area contributed by atoms with Crippen LogP contribution in [0.1, 0.15) is 26.7 Å². The molecule has 3 N–H and O–H groups in total. The third-order valence-electron chi connectivity index (χ3n) is 2.25. The maximum atomic E-state index is 11.5.